The molecule has 3 nitrogen and oxygen atoms in total. The summed E-state index contributed by atoms with van der Waals surface area (Å²) in [5, 5.41) is 6.02. The van der Waals surface area contributed by atoms with E-state index in [1.165, 1.54) is 12.1 Å². The lowest BCUT2D eigenvalue weighted by Gasteiger charge is -2.10. The average molecular weight is 351 g/mol. The van der Waals surface area contributed by atoms with Gasteiger partial charge in [-0.25, -0.2) is 4.39 Å². The van der Waals surface area contributed by atoms with Gasteiger partial charge in [0.15, 0.2) is 0 Å². The van der Waals surface area contributed by atoms with Crippen LogP contribution in [0.3, 0.4) is 0 Å². The lowest BCUT2D eigenvalue weighted by Crippen LogP contribution is -2.09. The third kappa shape index (κ3) is 4.56. The zero-order valence-electron chi connectivity index (χ0n) is 11.6. The molecule has 2 N–H and O–H groups in total. The van der Waals surface area contributed by atoms with Crippen molar-refractivity contribution in [1.29, 1.82) is 0 Å². The minimum absolute atomic E-state index is 0.0278. The number of hydrogen-bond acceptors (Lipinski definition) is 2. The molecule has 0 aromatic heterocycles. The molecule has 110 valence electrons. The van der Waals surface area contributed by atoms with Crippen LogP contribution in [0, 0.1) is 5.82 Å². The van der Waals surface area contributed by atoms with Crippen molar-refractivity contribution < 1.29 is 9.18 Å². The second kappa shape index (κ2) is 7.22. The van der Waals surface area contributed by atoms with Crippen LogP contribution in [0.5, 0.6) is 0 Å². The summed E-state index contributed by atoms with van der Waals surface area (Å²) in [4.78, 5) is 11.4. The van der Waals surface area contributed by atoms with E-state index in [1.807, 2.05) is 24.3 Å². The van der Waals surface area contributed by atoms with Crippen LogP contribution in [0.25, 0.3) is 0 Å². The predicted molar refractivity (Wildman–Crippen MR) is 86.8 cm³/mol. The van der Waals surface area contributed by atoms with Gasteiger partial charge >= 0.3 is 0 Å². The Morgan fingerprint density at radius 2 is 1.95 bits per heavy atom. The Balaban J connectivity index is 2.04. The number of hydrogen-bond donors (Lipinski definition) is 2. The standard InChI is InChI=1S/C16H16BrFN2O/c1-2-16(21)20-14-5-3-4-13(9-14)19-10-11-8-12(18)6-7-15(11)17/h3-9,19H,2,10H2,1H3,(H,20,21). The van der Waals surface area contributed by atoms with Crippen molar-refractivity contribution in [3.8, 4) is 0 Å². The maximum atomic E-state index is 13.2. The molecule has 0 unspecified atom stereocenters. The SMILES string of the molecule is CCC(=O)Nc1cccc(NCc2cc(F)ccc2Br)c1. The Morgan fingerprint density at radius 1 is 1.19 bits per heavy atom. The van der Waals surface area contributed by atoms with Crippen molar-refractivity contribution in [3.05, 3.63) is 58.3 Å². The van der Waals surface area contributed by atoms with Crippen LogP contribution in [0.4, 0.5) is 15.8 Å². The lowest BCUT2D eigenvalue weighted by molar-refractivity contribution is -0.115. The van der Waals surface area contributed by atoms with E-state index in [1.54, 1.807) is 13.0 Å². The van der Waals surface area contributed by atoms with Crippen LogP contribution in [-0.4, -0.2) is 5.91 Å². The van der Waals surface area contributed by atoms with Crippen molar-refractivity contribution in [1.82, 2.24) is 0 Å². The van der Waals surface area contributed by atoms with Gasteiger partial charge in [-0.3, -0.25) is 4.79 Å². The Bertz CT molecular complexity index is 646. The van der Waals surface area contributed by atoms with Gasteiger partial charge in [0, 0.05) is 28.8 Å². The number of nitrogens with one attached hydrogen (secondary N) is 2. The van der Waals surface area contributed by atoms with Crippen LogP contribution >= 0.6 is 15.9 Å². The molecule has 0 bridgehead atoms. The molecule has 1 amide bonds. The van der Waals surface area contributed by atoms with Gasteiger partial charge in [0.05, 0.1) is 0 Å². The summed E-state index contributed by atoms with van der Waals surface area (Å²) in [7, 11) is 0. The first-order valence-corrected chi connectivity index (χ1v) is 7.45. The van der Waals surface area contributed by atoms with Crippen LogP contribution < -0.4 is 10.6 Å². The van der Waals surface area contributed by atoms with Gasteiger partial charge in [-0.05, 0) is 42.0 Å². The van der Waals surface area contributed by atoms with Crippen molar-refractivity contribution >= 4 is 33.2 Å². The van der Waals surface area contributed by atoms with E-state index in [4.69, 9.17) is 0 Å². The fourth-order valence-corrected chi connectivity index (χ4v) is 2.22. The van der Waals surface area contributed by atoms with Gasteiger partial charge in [-0.1, -0.05) is 28.9 Å². The molecular formula is C16H16BrFN2O. The second-order valence-electron chi connectivity index (χ2n) is 4.57. The van der Waals surface area contributed by atoms with Crippen molar-refractivity contribution in [2.75, 3.05) is 10.6 Å². The van der Waals surface area contributed by atoms with E-state index in [2.05, 4.69) is 26.6 Å². The van der Waals surface area contributed by atoms with Crippen LogP contribution in [0.15, 0.2) is 46.9 Å². The Morgan fingerprint density at radius 3 is 2.71 bits per heavy atom. The number of benzene rings is 2. The summed E-state index contributed by atoms with van der Waals surface area (Å²) in [5.74, 6) is -0.293. The maximum Gasteiger partial charge on any atom is 0.224 e. The third-order valence-electron chi connectivity index (χ3n) is 2.96. The highest BCUT2D eigenvalue weighted by molar-refractivity contribution is 9.10. The molecule has 0 saturated carbocycles. The summed E-state index contributed by atoms with van der Waals surface area (Å²) in [6, 6.07) is 12.0. The highest BCUT2D eigenvalue weighted by Gasteiger charge is 2.03. The van der Waals surface area contributed by atoms with E-state index < -0.39 is 0 Å². The molecule has 0 heterocycles. The van der Waals surface area contributed by atoms with Gasteiger partial charge in [-0.15, -0.1) is 0 Å². The van der Waals surface area contributed by atoms with Crippen molar-refractivity contribution in [2.24, 2.45) is 0 Å². The number of carbonyl (C=O) groups is 1. The quantitative estimate of drug-likeness (QED) is 0.830. The smallest absolute Gasteiger partial charge is 0.224 e. The zero-order valence-corrected chi connectivity index (χ0v) is 13.2. The molecule has 0 aliphatic heterocycles. The Labute approximate surface area is 131 Å². The Hall–Kier alpha value is -1.88. The fourth-order valence-electron chi connectivity index (χ4n) is 1.83. The molecule has 0 aliphatic carbocycles. The first-order chi connectivity index (χ1) is 10.1. The zero-order chi connectivity index (χ0) is 15.2. The van der Waals surface area contributed by atoms with E-state index in [-0.39, 0.29) is 11.7 Å². The fraction of sp³-hybridized carbons (Fsp3) is 0.188. The largest absolute Gasteiger partial charge is 0.381 e. The summed E-state index contributed by atoms with van der Waals surface area (Å²) >= 11 is 3.40. The average Bonchev–Trinajstić information content (AvgIpc) is 2.48. The topological polar surface area (TPSA) is 41.1 Å². The molecule has 0 fully saturated rings. The molecular weight excluding hydrogens is 335 g/mol. The van der Waals surface area contributed by atoms with E-state index in [9.17, 15) is 9.18 Å². The number of rotatable bonds is 5. The van der Waals surface area contributed by atoms with Gasteiger partial charge in [0.2, 0.25) is 5.91 Å². The highest BCUT2D eigenvalue weighted by atomic mass is 79.9. The van der Waals surface area contributed by atoms with Gasteiger partial charge in [0.1, 0.15) is 5.82 Å². The molecule has 2 rings (SSSR count). The number of anilines is 2. The first kappa shape index (κ1) is 15.5. The van der Waals surface area contributed by atoms with Gasteiger partial charge in [0.25, 0.3) is 0 Å². The molecule has 0 radical (unpaired) electrons. The number of halogens is 2. The molecule has 0 spiro atoms. The summed E-state index contributed by atoms with van der Waals surface area (Å²) in [6.45, 7) is 2.29. The van der Waals surface area contributed by atoms with Crippen molar-refractivity contribution in [2.45, 2.75) is 19.9 Å². The van der Waals surface area contributed by atoms with E-state index in [0.717, 1.165) is 21.4 Å². The Kier molecular flexibility index (Phi) is 5.33. The summed E-state index contributed by atoms with van der Waals surface area (Å²) in [6.07, 6.45) is 0.438. The monoisotopic (exact) mass is 350 g/mol. The second-order valence-corrected chi connectivity index (χ2v) is 5.43. The molecule has 0 saturated heterocycles. The van der Waals surface area contributed by atoms with Gasteiger partial charge in [-0.2, -0.15) is 0 Å². The molecule has 0 atom stereocenters. The molecule has 21 heavy (non-hydrogen) atoms. The third-order valence-corrected chi connectivity index (χ3v) is 3.73. The van der Waals surface area contributed by atoms with Gasteiger partial charge < -0.3 is 10.6 Å². The molecule has 2 aromatic rings. The maximum absolute atomic E-state index is 13.2. The summed E-state index contributed by atoms with van der Waals surface area (Å²) < 4.78 is 14.1. The normalized spacial score (nSPS) is 10.2. The molecule has 2 aromatic carbocycles. The highest BCUT2D eigenvalue weighted by Crippen LogP contribution is 2.21. The van der Waals surface area contributed by atoms with E-state index in [0.29, 0.717) is 13.0 Å². The number of carbonyl (C=O) groups excluding carboxylic acids is 1. The van der Waals surface area contributed by atoms with Crippen LogP contribution in [0.2, 0.25) is 0 Å². The molecule has 0 aliphatic rings. The molecule has 5 heteroatoms. The predicted octanol–water partition coefficient (Wildman–Crippen LogP) is 4.55. The van der Waals surface area contributed by atoms with Crippen LogP contribution in [0.1, 0.15) is 18.9 Å². The van der Waals surface area contributed by atoms with E-state index >= 15 is 0 Å². The number of amides is 1. The van der Waals surface area contributed by atoms with Crippen LogP contribution in [-0.2, 0) is 11.3 Å². The summed E-state index contributed by atoms with van der Waals surface area (Å²) in [5.41, 5.74) is 2.43. The lowest BCUT2D eigenvalue weighted by atomic mass is 10.2. The first-order valence-electron chi connectivity index (χ1n) is 6.66. The minimum Gasteiger partial charge on any atom is -0.381 e. The van der Waals surface area contributed by atoms with Crippen molar-refractivity contribution in [3.63, 3.8) is 0 Å². The minimum atomic E-state index is -0.265.